The largest absolute Gasteiger partial charge is 0.394 e. The van der Waals surface area contributed by atoms with Crippen molar-refractivity contribution in [2.45, 2.75) is 30.7 Å². The third-order valence-electron chi connectivity index (χ3n) is 1.84. The molecule has 5 atom stereocenters. The van der Waals surface area contributed by atoms with Gasteiger partial charge in [-0.25, -0.2) is 0 Å². The van der Waals surface area contributed by atoms with Gasteiger partial charge < -0.3 is 30.3 Å². The first-order valence-electron chi connectivity index (χ1n) is 3.56. The Labute approximate surface area is 68.6 Å². The van der Waals surface area contributed by atoms with Crippen LogP contribution in [0.15, 0.2) is 0 Å². The molecule has 0 aliphatic carbocycles. The molecular weight excluding hydrogens is 168 g/mol. The van der Waals surface area contributed by atoms with Crippen molar-refractivity contribution in [1.82, 2.24) is 0 Å². The lowest BCUT2D eigenvalue weighted by Gasteiger charge is -2.18. The molecule has 0 aromatic heterocycles. The second kappa shape index (κ2) is 3.65. The van der Waals surface area contributed by atoms with E-state index in [1.54, 1.807) is 0 Å². The minimum Gasteiger partial charge on any atom is -0.394 e. The molecule has 0 spiro atoms. The van der Waals surface area contributed by atoms with Crippen LogP contribution in [-0.2, 0) is 4.74 Å². The molecule has 0 amide bonds. The molecule has 12 heavy (non-hydrogen) atoms. The zero-order valence-corrected chi connectivity index (χ0v) is 6.24. The zero-order chi connectivity index (χ0) is 9.30. The van der Waals surface area contributed by atoms with Gasteiger partial charge in [0, 0.05) is 0 Å². The molecule has 1 aliphatic heterocycles. The average molecular weight is 180 g/mol. The van der Waals surface area contributed by atoms with Gasteiger partial charge in [0.05, 0.1) is 6.61 Å². The van der Waals surface area contributed by atoms with Crippen molar-refractivity contribution in [3.63, 3.8) is 0 Å². The monoisotopic (exact) mass is 180 g/mol. The van der Waals surface area contributed by atoms with E-state index < -0.39 is 37.3 Å². The molecule has 1 aliphatic rings. The van der Waals surface area contributed by atoms with Gasteiger partial charge in [-0.3, -0.25) is 0 Å². The summed E-state index contributed by atoms with van der Waals surface area (Å²) in [6.45, 7) is -0.596. The third kappa shape index (κ3) is 1.58. The highest BCUT2D eigenvalue weighted by Crippen LogP contribution is 2.21. The Balaban J connectivity index is 2.58. The van der Waals surface area contributed by atoms with Crippen molar-refractivity contribution in [2.75, 3.05) is 6.61 Å². The maximum Gasteiger partial charge on any atom is 0.184 e. The fourth-order valence-electron chi connectivity index (χ4n) is 1.11. The predicted octanol–water partition coefficient (Wildman–Crippen LogP) is -3.22. The SMILES string of the molecule is OC[C@@H](O)[C@@H]1OC(O)[C@@H](O)[C@@H]1O. The van der Waals surface area contributed by atoms with Gasteiger partial charge in [-0.2, -0.15) is 0 Å². The van der Waals surface area contributed by atoms with Crippen molar-refractivity contribution < 1.29 is 30.3 Å². The number of rotatable bonds is 2. The van der Waals surface area contributed by atoms with Gasteiger partial charge in [-0.05, 0) is 0 Å². The summed E-state index contributed by atoms with van der Waals surface area (Å²) in [5, 5.41) is 44.4. The second-order valence-corrected chi connectivity index (χ2v) is 2.72. The Morgan fingerprint density at radius 2 is 1.75 bits per heavy atom. The van der Waals surface area contributed by atoms with Crippen molar-refractivity contribution in [3.8, 4) is 0 Å². The highest BCUT2D eigenvalue weighted by atomic mass is 16.6. The van der Waals surface area contributed by atoms with E-state index in [0.29, 0.717) is 0 Å². The summed E-state index contributed by atoms with van der Waals surface area (Å²) < 4.78 is 4.58. The maximum absolute atomic E-state index is 9.12. The second-order valence-electron chi connectivity index (χ2n) is 2.72. The van der Waals surface area contributed by atoms with Crippen LogP contribution in [-0.4, -0.2) is 62.8 Å². The standard InChI is InChI=1S/C6H12O6/c7-1-2(8)5-3(9)4(10)6(11)12-5/h2-11H,1H2/t2-,3+,4+,5+,6?/m1/s1. The number of hydrogen-bond acceptors (Lipinski definition) is 6. The van der Waals surface area contributed by atoms with E-state index in [1.807, 2.05) is 0 Å². The quantitative estimate of drug-likeness (QED) is 0.306. The van der Waals surface area contributed by atoms with E-state index in [2.05, 4.69) is 4.74 Å². The minimum atomic E-state index is -1.51. The summed E-state index contributed by atoms with van der Waals surface area (Å²) in [4.78, 5) is 0. The van der Waals surface area contributed by atoms with E-state index in [1.165, 1.54) is 0 Å². The fraction of sp³-hybridized carbons (Fsp3) is 1.00. The van der Waals surface area contributed by atoms with Crippen LogP contribution < -0.4 is 0 Å². The molecule has 0 aromatic carbocycles. The maximum atomic E-state index is 9.12. The van der Waals surface area contributed by atoms with Crippen molar-refractivity contribution in [3.05, 3.63) is 0 Å². The van der Waals surface area contributed by atoms with Crippen LogP contribution in [0.3, 0.4) is 0 Å². The van der Waals surface area contributed by atoms with Gasteiger partial charge in [0.2, 0.25) is 0 Å². The fourth-order valence-corrected chi connectivity index (χ4v) is 1.11. The van der Waals surface area contributed by atoms with E-state index >= 15 is 0 Å². The minimum absolute atomic E-state index is 0.596. The molecule has 0 radical (unpaired) electrons. The van der Waals surface area contributed by atoms with E-state index in [-0.39, 0.29) is 0 Å². The Morgan fingerprint density at radius 3 is 2.08 bits per heavy atom. The molecule has 0 saturated carbocycles. The summed E-state index contributed by atoms with van der Waals surface area (Å²) >= 11 is 0. The van der Waals surface area contributed by atoms with Crippen molar-refractivity contribution in [2.24, 2.45) is 0 Å². The van der Waals surface area contributed by atoms with Gasteiger partial charge in [0.25, 0.3) is 0 Å². The van der Waals surface area contributed by atoms with Crippen LogP contribution in [0.4, 0.5) is 0 Å². The van der Waals surface area contributed by atoms with Crippen LogP contribution in [0.2, 0.25) is 0 Å². The summed E-state index contributed by atoms with van der Waals surface area (Å²) in [6, 6.07) is 0. The number of aliphatic hydroxyl groups excluding tert-OH is 5. The van der Waals surface area contributed by atoms with Crippen LogP contribution in [0.25, 0.3) is 0 Å². The molecule has 1 heterocycles. The van der Waals surface area contributed by atoms with E-state index in [4.69, 9.17) is 25.5 Å². The highest BCUT2D eigenvalue weighted by Gasteiger charge is 2.44. The third-order valence-corrected chi connectivity index (χ3v) is 1.84. The lowest BCUT2D eigenvalue weighted by molar-refractivity contribution is -0.150. The van der Waals surface area contributed by atoms with Crippen molar-refractivity contribution in [1.29, 1.82) is 0 Å². The topological polar surface area (TPSA) is 110 Å². The van der Waals surface area contributed by atoms with Gasteiger partial charge in [0.15, 0.2) is 6.29 Å². The average Bonchev–Trinajstić information content (AvgIpc) is 2.32. The highest BCUT2D eigenvalue weighted by molar-refractivity contribution is 4.89. The van der Waals surface area contributed by atoms with Gasteiger partial charge in [0.1, 0.15) is 24.4 Å². The summed E-state index contributed by atoms with van der Waals surface area (Å²) in [7, 11) is 0. The molecule has 6 nitrogen and oxygen atoms in total. The summed E-state index contributed by atoms with van der Waals surface area (Å²) in [5.41, 5.74) is 0. The lowest BCUT2D eigenvalue weighted by atomic mass is 10.1. The molecule has 72 valence electrons. The first-order chi connectivity index (χ1) is 5.57. The molecule has 5 N–H and O–H groups in total. The molecule has 0 aromatic rings. The number of hydrogen-bond donors (Lipinski definition) is 5. The lowest BCUT2D eigenvalue weighted by Crippen LogP contribution is -2.40. The summed E-state index contributed by atoms with van der Waals surface area (Å²) in [5.74, 6) is 0. The van der Waals surface area contributed by atoms with Crippen LogP contribution in [0, 0.1) is 0 Å². The zero-order valence-electron chi connectivity index (χ0n) is 6.24. The molecule has 6 heteroatoms. The smallest absolute Gasteiger partial charge is 0.184 e. The number of aliphatic hydroxyl groups is 5. The Kier molecular flexibility index (Phi) is 2.99. The van der Waals surface area contributed by atoms with E-state index in [9.17, 15) is 0 Å². The Hall–Kier alpha value is -0.240. The molecule has 1 fully saturated rings. The first kappa shape index (κ1) is 9.85. The van der Waals surface area contributed by atoms with Crippen LogP contribution >= 0.6 is 0 Å². The van der Waals surface area contributed by atoms with Crippen LogP contribution in [0.5, 0.6) is 0 Å². The first-order valence-corrected chi connectivity index (χ1v) is 3.56. The Morgan fingerprint density at radius 1 is 1.17 bits per heavy atom. The molecule has 1 rings (SSSR count). The predicted molar refractivity (Wildman–Crippen MR) is 36.0 cm³/mol. The molecule has 1 saturated heterocycles. The van der Waals surface area contributed by atoms with Gasteiger partial charge in [-0.15, -0.1) is 0 Å². The molecular formula is C6H12O6. The van der Waals surface area contributed by atoms with Crippen LogP contribution in [0.1, 0.15) is 0 Å². The number of ether oxygens (including phenoxy) is 1. The normalized spacial score (nSPS) is 44.8. The summed E-state index contributed by atoms with van der Waals surface area (Å²) in [6.07, 6.45) is -6.75. The Bertz CT molecular complexity index is 151. The van der Waals surface area contributed by atoms with Gasteiger partial charge in [-0.1, -0.05) is 0 Å². The van der Waals surface area contributed by atoms with Gasteiger partial charge >= 0.3 is 0 Å². The van der Waals surface area contributed by atoms with Crippen molar-refractivity contribution >= 4 is 0 Å². The van der Waals surface area contributed by atoms with E-state index in [0.717, 1.165) is 0 Å². The molecule has 0 bridgehead atoms. The molecule has 1 unspecified atom stereocenters.